The van der Waals surface area contributed by atoms with Crippen LogP contribution in [-0.4, -0.2) is 31.6 Å². The maximum atomic E-state index is 12.1. The summed E-state index contributed by atoms with van der Waals surface area (Å²) in [6, 6.07) is 12.3. The number of ether oxygens (including phenoxy) is 2. The summed E-state index contributed by atoms with van der Waals surface area (Å²) in [5.41, 5.74) is 6.65. The van der Waals surface area contributed by atoms with Gasteiger partial charge in [0.05, 0.1) is 19.6 Å². The highest BCUT2D eigenvalue weighted by Gasteiger charge is 2.19. The minimum absolute atomic E-state index is 0.187. The van der Waals surface area contributed by atoms with Crippen LogP contribution in [0.1, 0.15) is 23.6 Å². The highest BCUT2D eigenvalue weighted by atomic mass is 35.5. The topological polar surface area (TPSA) is 120 Å². The lowest BCUT2D eigenvalue weighted by atomic mass is 10.0. The first-order valence-electron chi connectivity index (χ1n) is 8.74. The summed E-state index contributed by atoms with van der Waals surface area (Å²) in [5.74, 6) is -0.430. The van der Waals surface area contributed by atoms with E-state index in [4.69, 9.17) is 26.8 Å². The first-order valence-corrected chi connectivity index (χ1v) is 9.12. The molecule has 0 aliphatic carbocycles. The second-order valence-corrected chi connectivity index (χ2v) is 6.54. The molecule has 154 valence electrons. The number of halogens is 1. The lowest BCUT2D eigenvalue weighted by molar-refractivity contribution is -0.149. The lowest BCUT2D eigenvalue weighted by Gasteiger charge is -2.17. The summed E-state index contributed by atoms with van der Waals surface area (Å²) in [6.07, 6.45) is -0.187. The average molecular weight is 420 g/mol. The van der Waals surface area contributed by atoms with Crippen molar-refractivity contribution in [2.24, 2.45) is 5.73 Å². The Balaban J connectivity index is 1.83. The number of nitrogens with one attached hydrogen (secondary N) is 2. The van der Waals surface area contributed by atoms with Gasteiger partial charge < -0.3 is 25.8 Å². The molecule has 0 heterocycles. The molecule has 1 atom stereocenters. The van der Waals surface area contributed by atoms with Crippen molar-refractivity contribution < 1.29 is 23.9 Å². The van der Waals surface area contributed by atoms with Crippen molar-refractivity contribution >= 4 is 29.5 Å². The average Bonchev–Trinajstić information content (AvgIpc) is 2.70. The molecule has 0 fully saturated rings. The third-order valence-electron chi connectivity index (χ3n) is 3.95. The molecule has 2 aromatic rings. The largest absolute Gasteiger partial charge is 0.497 e. The number of benzene rings is 2. The van der Waals surface area contributed by atoms with Crippen LogP contribution in [0.5, 0.6) is 5.75 Å². The fraction of sp³-hybridized carbons (Fsp3) is 0.250. The summed E-state index contributed by atoms with van der Waals surface area (Å²) < 4.78 is 10.1. The van der Waals surface area contributed by atoms with Crippen LogP contribution < -0.4 is 21.1 Å². The molecule has 0 unspecified atom stereocenters. The molecule has 0 spiro atoms. The number of rotatable bonds is 9. The number of amides is 3. The van der Waals surface area contributed by atoms with Crippen LogP contribution >= 0.6 is 11.6 Å². The summed E-state index contributed by atoms with van der Waals surface area (Å²) in [5, 5.41) is 5.64. The van der Waals surface area contributed by atoms with Crippen molar-refractivity contribution in [3.63, 3.8) is 0 Å². The molecule has 4 N–H and O–H groups in total. The third kappa shape index (κ3) is 7.71. The van der Waals surface area contributed by atoms with E-state index in [-0.39, 0.29) is 13.0 Å². The van der Waals surface area contributed by atoms with Crippen LogP contribution in [0.2, 0.25) is 5.02 Å². The van der Waals surface area contributed by atoms with E-state index >= 15 is 0 Å². The zero-order chi connectivity index (χ0) is 21.2. The maximum Gasteiger partial charge on any atom is 0.312 e. The molecule has 29 heavy (non-hydrogen) atoms. The highest BCUT2D eigenvalue weighted by Crippen LogP contribution is 2.20. The number of primary amides is 1. The number of nitrogens with two attached hydrogens (primary N) is 1. The standard InChI is InChI=1S/C20H22ClN3O5/c1-28-16-4-2-3-13(9-16)11-23-18(25)12-29-19(26)10-17(24-20(22)27)14-5-7-15(21)8-6-14/h2-9,17H,10-12H2,1H3,(H,23,25)(H3,22,24,27)/t17-/m1/s1. The highest BCUT2D eigenvalue weighted by molar-refractivity contribution is 6.30. The van der Waals surface area contributed by atoms with Crippen LogP contribution in [0.15, 0.2) is 48.5 Å². The molecule has 9 heteroatoms. The number of methoxy groups -OCH3 is 1. The molecule has 0 bridgehead atoms. The number of hydrogen-bond acceptors (Lipinski definition) is 5. The van der Waals surface area contributed by atoms with E-state index in [1.54, 1.807) is 43.5 Å². The lowest BCUT2D eigenvalue weighted by Crippen LogP contribution is -2.35. The van der Waals surface area contributed by atoms with E-state index in [1.165, 1.54) is 0 Å². The summed E-state index contributed by atoms with van der Waals surface area (Å²) in [7, 11) is 1.56. The van der Waals surface area contributed by atoms with Gasteiger partial charge in [0, 0.05) is 11.6 Å². The Hall–Kier alpha value is -3.26. The van der Waals surface area contributed by atoms with Crippen molar-refractivity contribution in [2.45, 2.75) is 19.0 Å². The Morgan fingerprint density at radius 3 is 2.52 bits per heavy atom. The van der Waals surface area contributed by atoms with Crippen molar-refractivity contribution in [1.82, 2.24) is 10.6 Å². The van der Waals surface area contributed by atoms with Gasteiger partial charge in [0.1, 0.15) is 5.75 Å². The fourth-order valence-corrected chi connectivity index (χ4v) is 2.65. The Kier molecular flexibility index (Phi) is 8.29. The quantitative estimate of drug-likeness (QED) is 0.539. The van der Waals surface area contributed by atoms with Crippen LogP contribution in [0, 0.1) is 0 Å². The van der Waals surface area contributed by atoms with Crippen molar-refractivity contribution in [1.29, 1.82) is 0 Å². The summed E-state index contributed by atoms with van der Waals surface area (Å²) >= 11 is 5.85. The molecule has 0 aliphatic heterocycles. The van der Waals surface area contributed by atoms with Crippen LogP contribution in [-0.2, 0) is 20.9 Å². The molecule has 2 rings (SSSR count). The Morgan fingerprint density at radius 1 is 1.14 bits per heavy atom. The van der Waals surface area contributed by atoms with E-state index in [1.807, 2.05) is 12.1 Å². The Bertz CT molecular complexity index is 857. The van der Waals surface area contributed by atoms with Gasteiger partial charge in [-0.05, 0) is 35.4 Å². The molecule has 0 saturated heterocycles. The molecular weight excluding hydrogens is 398 g/mol. The molecule has 0 aromatic heterocycles. The van der Waals surface area contributed by atoms with Gasteiger partial charge in [-0.15, -0.1) is 0 Å². The molecule has 0 radical (unpaired) electrons. The van der Waals surface area contributed by atoms with E-state index in [0.717, 1.165) is 5.56 Å². The molecule has 3 amide bonds. The summed E-state index contributed by atoms with van der Waals surface area (Å²) in [6.45, 7) is -0.170. The molecule has 2 aromatic carbocycles. The van der Waals surface area contributed by atoms with E-state index in [0.29, 0.717) is 16.3 Å². The molecular formula is C20H22ClN3O5. The van der Waals surface area contributed by atoms with Gasteiger partial charge in [0.15, 0.2) is 6.61 Å². The monoisotopic (exact) mass is 419 g/mol. The smallest absolute Gasteiger partial charge is 0.312 e. The fourth-order valence-electron chi connectivity index (χ4n) is 2.52. The van der Waals surface area contributed by atoms with Gasteiger partial charge in [-0.25, -0.2) is 4.79 Å². The molecule has 0 aliphatic rings. The Morgan fingerprint density at radius 2 is 1.86 bits per heavy atom. The first-order chi connectivity index (χ1) is 13.9. The number of esters is 1. The van der Waals surface area contributed by atoms with E-state index in [9.17, 15) is 14.4 Å². The second kappa shape index (κ2) is 10.9. The van der Waals surface area contributed by atoms with Crippen LogP contribution in [0.3, 0.4) is 0 Å². The van der Waals surface area contributed by atoms with Gasteiger partial charge in [-0.1, -0.05) is 35.9 Å². The van der Waals surface area contributed by atoms with Crippen molar-refractivity contribution in [3.8, 4) is 5.75 Å². The van der Waals surface area contributed by atoms with Crippen molar-refractivity contribution in [2.75, 3.05) is 13.7 Å². The van der Waals surface area contributed by atoms with Gasteiger partial charge in [0.25, 0.3) is 5.91 Å². The van der Waals surface area contributed by atoms with E-state index < -0.39 is 30.6 Å². The van der Waals surface area contributed by atoms with E-state index in [2.05, 4.69) is 10.6 Å². The molecule has 8 nitrogen and oxygen atoms in total. The second-order valence-electron chi connectivity index (χ2n) is 6.11. The predicted octanol–water partition coefficient (Wildman–Crippen LogP) is 2.31. The zero-order valence-electron chi connectivity index (χ0n) is 15.8. The predicted molar refractivity (Wildman–Crippen MR) is 107 cm³/mol. The third-order valence-corrected chi connectivity index (χ3v) is 4.20. The number of urea groups is 1. The summed E-state index contributed by atoms with van der Waals surface area (Å²) in [4.78, 5) is 35.2. The van der Waals surface area contributed by atoms with Gasteiger partial charge in [-0.3, -0.25) is 9.59 Å². The normalized spacial score (nSPS) is 11.2. The first kappa shape index (κ1) is 22.0. The number of carbonyl (C=O) groups is 3. The zero-order valence-corrected chi connectivity index (χ0v) is 16.6. The number of hydrogen-bond donors (Lipinski definition) is 3. The van der Waals surface area contributed by atoms with Crippen LogP contribution in [0.4, 0.5) is 4.79 Å². The number of carbonyl (C=O) groups excluding carboxylic acids is 3. The van der Waals surface area contributed by atoms with Gasteiger partial charge in [0.2, 0.25) is 0 Å². The van der Waals surface area contributed by atoms with Crippen LogP contribution in [0.25, 0.3) is 0 Å². The van der Waals surface area contributed by atoms with Gasteiger partial charge in [-0.2, -0.15) is 0 Å². The maximum absolute atomic E-state index is 12.1. The molecule has 0 saturated carbocycles. The SMILES string of the molecule is COc1cccc(CNC(=O)COC(=O)C[C@@H](NC(N)=O)c2ccc(Cl)cc2)c1. The van der Waals surface area contributed by atoms with Gasteiger partial charge >= 0.3 is 12.0 Å². The minimum atomic E-state index is -0.784. The minimum Gasteiger partial charge on any atom is -0.497 e. The Labute approximate surface area is 173 Å². The van der Waals surface area contributed by atoms with Crippen molar-refractivity contribution in [3.05, 3.63) is 64.7 Å².